The van der Waals surface area contributed by atoms with E-state index in [2.05, 4.69) is 19.9 Å². The van der Waals surface area contributed by atoms with E-state index < -0.39 is 11.7 Å². The Labute approximate surface area is 195 Å². The van der Waals surface area contributed by atoms with Crippen molar-refractivity contribution < 1.29 is 18.0 Å². The Morgan fingerprint density at radius 1 is 1.09 bits per heavy atom. The van der Waals surface area contributed by atoms with E-state index in [4.69, 9.17) is 4.98 Å². The number of pyridine rings is 2. The maximum absolute atomic E-state index is 13.2. The van der Waals surface area contributed by atoms with Crippen molar-refractivity contribution in [1.82, 2.24) is 24.8 Å². The van der Waals surface area contributed by atoms with Gasteiger partial charge in [-0.25, -0.2) is 15.0 Å². The van der Waals surface area contributed by atoms with Gasteiger partial charge in [0.05, 0.1) is 11.1 Å². The second-order valence-corrected chi connectivity index (χ2v) is 9.11. The van der Waals surface area contributed by atoms with Crippen molar-refractivity contribution in [2.24, 2.45) is 0 Å². The van der Waals surface area contributed by atoms with Crippen LogP contribution in [0.2, 0.25) is 0 Å². The number of nitrogens with zero attached hydrogens (tertiary/aromatic N) is 5. The number of aromatic nitrogens is 4. The number of aryl methyl sites for hydroxylation is 3. The third-order valence-corrected chi connectivity index (χ3v) is 6.67. The number of fused-ring (bicyclic) bond motifs is 3. The number of amides is 1. The number of carbonyl (C=O) groups excluding carboxylic acids is 1. The van der Waals surface area contributed by atoms with Crippen LogP contribution in [0.25, 0.3) is 11.2 Å². The zero-order valence-corrected chi connectivity index (χ0v) is 19.0. The molecule has 10 heteroatoms. The van der Waals surface area contributed by atoms with Gasteiger partial charge in [-0.05, 0) is 50.8 Å². The van der Waals surface area contributed by atoms with Crippen molar-refractivity contribution in [3.05, 3.63) is 47.0 Å². The first kappa shape index (κ1) is 22.6. The third-order valence-electron chi connectivity index (χ3n) is 6.67. The first-order chi connectivity index (χ1) is 16.3. The number of nitrogens with one attached hydrogen (secondary N) is 1. The first-order valence-electron chi connectivity index (χ1n) is 11.8. The Bertz CT molecular complexity index is 1200. The molecule has 0 aromatic carbocycles. The minimum atomic E-state index is -4.40. The van der Waals surface area contributed by atoms with Crippen LogP contribution in [0.5, 0.6) is 0 Å². The standard InChI is InChI=1S/C24H27F3N6O/c1-15-13-18(21-22(29-15)33-10-4-2-3-5-20(33)31-21)23(34)30-17-8-11-32(12-9-17)19-7-6-16(14-28-19)24(25,26)27/h6-7,13-14,17H,2-5,8-12H2,1H3,(H,30,34). The topological polar surface area (TPSA) is 75.9 Å². The van der Waals surface area contributed by atoms with E-state index in [1.807, 2.05) is 11.8 Å². The van der Waals surface area contributed by atoms with Gasteiger partial charge in [0, 0.05) is 44.0 Å². The Balaban J connectivity index is 1.27. The van der Waals surface area contributed by atoms with Crippen LogP contribution in [0.4, 0.5) is 19.0 Å². The lowest BCUT2D eigenvalue weighted by Gasteiger charge is -2.33. The van der Waals surface area contributed by atoms with Gasteiger partial charge >= 0.3 is 6.18 Å². The highest BCUT2D eigenvalue weighted by Crippen LogP contribution is 2.30. The van der Waals surface area contributed by atoms with E-state index in [9.17, 15) is 18.0 Å². The van der Waals surface area contributed by atoms with Crippen LogP contribution in [0, 0.1) is 6.92 Å². The number of anilines is 1. The zero-order valence-electron chi connectivity index (χ0n) is 19.0. The van der Waals surface area contributed by atoms with Gasteiger partial charge in [0.1, 0.15) is 17.2 Å². The lowest BCUT2D eigenvalue weighted by molar-refractivity contribution is -0.137. The van der Waals surface area contributed by atoms with Gasteiger partial charge in [-0.3, -0.25) is 4.79 Å². The van der Waals surface area contributed by atoms with E-state index >= 15 is 0 Å². The molecular weight excluding hydrogens is 445 g/mol. The number of halogens is 3. The SMILES string of the molecule is Cc1cc(C(=O)NC2CCN(c3ccc(C(F)(F)F)cn3)CC2)c2nc3n(c2n1)CCCCC3. The summed E-state index contributed by atoms with van der Waals surface area (Å²) >= 11 is 0. The van der Waals surface area contributed by atoms with Crippen molar-refractivity contribution in [2.45, 2.75) is 64.2 Å². The van der Waals surface area contributed by atoms with Gasteiger partial charge in [0.2, 0.25) is 0 Å². The van der Waals surface area contributed by atoms with Gasteiger partial charge in [0.25, 0.3) is 5.91 Å². The molecule has 5 rings (SSSR count). The molecule has 0 aliphatic carbocycles. The van der Waals surface area contributed by atoms with Crippen molar-refractivity contribution in [1.29, 1.82) is 0 Å². The number of rotatable bonds is 3. The maximum Gasteiger partial charge on any atom is 0.417 e. The van der Waals surface area contributed by atoms with Crippen LogP contribution in [-0.2, 0) is 19.1 Å². The molecule has 0 unspecified atom stereocenters. The Hall–Kier alpha value is -3.17. The zero-order chi connectivity index (χ0) is 23.9. The molecule has 0 bridgehead atoms. The van der Waals surface area contributed by atoms with Crippen LogP contribution in [0.3, 0.4) is 0 Å². The van der Waals surface area contributed by atoms with E-state index in [0.717, 1.165) is 55.2 Å². The molecule has 2 aliphatic rings. The van der Waals surface area contributed by atoms with E-state index in [1.165, 1.54) is 12.5 Å². The molecule has 1 N–H and O–H groups in total. The molecule has 1 amide bonds. The Morgan fingerprint density at radius 2 is 1.88 bits per heavy atom. The molecule has 1 saturated heterocycles. The van der Waals surface area contributed by atoms with Crippen molar-refractivity contribution in [2.75, 3.05) is 18.0 Å². The lowest BCUT2D eigenvalue weighted by Crippen LogP contribution is -2.45. The normalized spacial score (nSPS) is 17.5. The molecular formula is C24H27F3N6O. The van der Waals surface area contributed by atoms with Gasteiger partial charge in [0.15, 0.2) is 5.65 Å². The summed E-state index contributed by atoms with van der Waals surface area (Å²) in [5, 5.41) is 3.14. The molecule has 2 aliphatic heterocycles. The predicted octanol–water partition coefficient (Wildman–Crippen LogP) is 4.28. The maximum atomic E-state index is 13.2. The predicted molar refractivity (Wildman–Crippen MR) is 122 cm³/mol. The van der Waals surface area contributed by atoms with Gasteiger partial charge < -0.3 is 14.8 Å². The number of alkyl halides is 3. The second-order valence-electron chi connectivity index (χ2n) is 9.11. The number of hydrogen-bond donors (Lipinski definition) is 1. The number of piperidine rings is 1. The fraction of sp³-hybridized carbons (Fsp3) is 0.500. The molecule has 3 aromatic rings. The van der Waals surface area contributed by atoms with E-state index in [0.29, 0.717) is 42.8 Å². The van der Waals surface area contributed by atoms with Crippen LogP contribution in [0.15, 0.2) is 24.4 Å². The summed E-state index contributed by atoms with van der Waals surface area (Å²) in [6.45, 7) is 3.97. The molecule has 0 spiro atoms. The molecule has 3 aromatic heterocycles. The molecule has 34 heavy (non-hydrogen) atoms. The van der Waals surface area contributed by atoms with Gasteiger partial charge in [-0.2, -0.15) is 13.2 Å². The van der Waals surface area contributed by atoms with Crippen LogP contribution in [0.1, 0.15) is 59.5 Å². The second kappa shape index (κ2) is 8.88. The molecule has 0 saturated carbocycles. The van der Waals surface area contributed by atoms with E-state index in [1.54, 1.807) is 6.07 Å². The largest absolute Gasteiger partial charge is 0.417 e. The average molecular weight is 473 g/mol. The first-order valence-corrected chi connectivity index (χ1v) is 11.8. The highest BCUT2D eigenvalue weighted by molar-refractivity contribution is 6.04. The summed E-state index contributed by atoms with van der Waals surface area (Å²) in [7, 11) is 0. The molecule has 0 atom stereocenters. The minimum absolute atomic E-state index is 0.0258. The number of imidazole rings is 1. The smallest absolute Gasteiger partial charge is 0.356 e. The lowest BCUT2D eigenvalue weighted by atomic mass is 10.0. The monoisotopic (exact) mass is 472 g/mol. The number of carbonyl (C=O) groups is 1. The van der Waals surface area contributed by atoms with Crippen LogP contribution in [-0.4, -0.2) is 44.6 Å². The van der Waals surface area contributed by atoms with Gasteiger partial charge in [-0.1, -0.05) is 6.42 Å². The minimum Gasteiger partial charge on any atom is -0.356 e. The highest BCUT2D eigenvalue weighted by Gasteiger charge is 2.31. The van der Waals surface area contributed by atoms with Crippen molar-refractivity contribution in [3.8, 4) is 0 Å². The van der Waals surface area contributed by atoms with E-state index in [-0.39, 0.29) is 11.9 Å². The third kappa shape index (κ3) is 4.45. The van der Waals surface area contributed by atoms with Crippen LogP contribution < -0.4 is 10.2 Å². The molecule has 7 nitrogen and oxygen atoms in total. The summed E-state index contributed by atoms with van der Waals surface area (Å²) in [5.74, 6) is 1.36. The quantitative estimate of drug-likeness (QED) is 0.616. The number of hydrogen-bond acceptors (Lipinski definition) is 5. The molecule has 1 fully saturated rings. The summed E-state index contributed by atoms with van der Waals surface area (Å²) in [5.41, 5.74) is 2.02. The molecule has 180 valence electrons. The van der Waals surface area contributed by atoms with Crippen LogP contribution >= 0.6 is 0 Å². The molecule has 0 radical (unpaired) electrons. The summed E-state index contributed by atoms with van der Waals surface area (Å²) in [4.78, 5) is 28.6. The Kier molecular flexibility index (Phi) is 5.91. The van der Waals surface area contributed by atoms with Crippen molar-refractivity contribution in [3.63, 3.8) is 0 Å². The summed E-state index contributed by atoms with van der Waals surface area (Å²) < 4.78 is 40.5. The van der Waals surface area contributed by atoms with Gasteiger partial charge in [-0.15, -0.1) is 0 Å². The Morgan fingerprint density at radius 3 is 2.59 bits per heavy atom. The van der Waals surface area contributed by atoms with Crippen molar-refractivity contribution >= 4 is 22.9 Å². The summed E-state index contributed by atoms with van der Waals surface area (Å²) in [6.07, 6.45) is 2.08. The average Bonchev–Trinajstić information content (AvgIpc) is 2.99. The fourth-order valence-corrected chi connectivity index (χ4v) is 4.85. The summed E-state index contributed by atoms with van der Waals surface area (Å²) in [6, 6.07) is 4.23. The highest BCUT2D eigenvalue weighted by atomic mass is 19.4. The fourth-order valence-electron chi connectivity index (χ4n) is 4.85. The molecule has 5 heterocycles.